The quantitative estimate of drug-likeness (QED) is 0.498. The lowest BCUT2D eigenvalue weighted by molar-refractivity contribution is 0.0903. The van der Waals surface area contributed by atoms with Crippen molar-refractivity contribution in [3.05, 3.63) is 0 Å². The summed E-state index contributed by atoms with van der Waals surface area (Å²) in [5.74, 6) is 1.97. The number of fused-ring (bicyclic) bond motifs is 2. The van der Waals surface area contributed by atoms with E-state index < -0.39 is 0 Å². The molecule has 2 aliphatic carbocycles. The maximum Gasteiger partial charge on any atom is -0.0292 e. The number of hydrogen-bond acceptors (Lipinski definition) is 0. The molecule has 0 amide bonds. The van der Waals surface area contributed by atoms with Gasteiger partial charge in [-0.2, -0.15) is 0 Å². The minimum Gasteiger partial charge on any atom is -0.0615 e. The summed E-state index contributed by atoms with van der Waals surface area (Å²) in [5, 5.41) is 0. The van der Waals surface area contributed by atoms with E-state index in [0.717, 1.165) is 11.8 Å². The van der Waals surface area contributed by atoms with Crippen LogP contribution in [-0.4, -0.2) is 0 Å². The van der Waals surface area contributed by atoms with Crippen LogP contribution in [0.15, 0.2) is 0 Å². The molecule has 64 valence electrons. The van der Waals surface area contributed by atoms with E-state index >= 15 is 0 Å². The van der Waals surface area contributed by atoms with Crippen LogP contribution in [0.25, 0.3) is 0 Å². The molecule has 0 heterocycles. The molecule has 0 aromatic heterocycles. The third-order valence-electron chi connectivity index (χ3n) is 4.99. The van der Waals surface area contributed by atoms with Gasteiger partial charge in [-0.15, -0.1) is 0 Å². The summed E-state index contributed by atoms with van der Waals surface area (Å²) in [6, 6.07) is 0. The van der Waals surface area contributed by atoms with Crippen molar-refractivity contribution in [2.45, 2.75) is 47.0 Å². The molecule has 2 saturated carbocycles. The Kier molecular flexibility index (Phi) is 1.28. The Balaban J connectivity index is 2.34. The molecule has 0 saturated heterocycles. The molecule has 2 bridgehead atoms. The van der Waals surface area contributed by atoms with Crippen molar-refractivity contribution in [3.63, 3.8) is 0 Å². The summed E-state index contributed by atoms with van der Waals surface area (Å²) >= 11 is 0. The molecule has 0 aromatic carbocycles. The molecule has 0 radical (unpaired) electrons. The Labute approximate surface area is 70.4 Å². The summed E-state index contributed by atoms with van der Waals surface area (Å²) in [4.78, 5) is 0. The highest BCUT2D eigenvalue weighted by atomic mass is 14.6. The second-order valence-corrected chi connectivity index (χ2v) is 5.64. The molecule has 0 aliphatic heterocycles. The molecule has 2 rings (SSSR count). The fourth-order valence-corrected chi connectivity index (χ4v) is 3.55. The Hall–Kier alpha value is 0. The molecule has 0 aromatic rings. The fraction of sp³-hybridized carbons (Fsp3) is 1.00. The zero-order valence-corrected chi connectivity index (χ0v) is 8.28. The lowest BCUT2D eigenvalue weighted by Crippen LogP contribution is -2.32. The van der Waals surface area contributed by atoms with Gasteiger partial charge in [-0.25, -0.2) is 0 Å². The summed E-state index contributed by atoms with van der Waals surface area (Å²) in [5.41, 5.74) is 1.33. The second-order valence-electron chi connectivity index (χ2n) is 5.64. The summed E-state index contributed by atoms with van der Waals surface area (Å²) in [6.45, 7) is 9.88. The molecule has 1 unspecified atom stereocenters. The Bertz CT molecular complexity index is 176. The highest BCUT2D eigenvalue weighted by Crippen LogP contribution is 2.65. The first-order chi connectivity index (χ1) is 4.97. The first-order valence-corrected chi connectivity index (χ1v) is 4.97. The Morgan fingerprint density at radius 2 is 1.82 bits per heavy atom. The van der Waals surface area contributed by atoms with E-state index in [4.69, 9.17) is 0 Å². The first kappa shape index (κ1) is 7.64. The van der Waals surface area contributed by atoms with Gasteiger partial charge in [-0.1, -0.05) is 27.7 Å². The van der Waals surface area contributed by atoms with Crippen LogP contribution >= 0.6 is 0 Å². The lowest BCUT2D eigenvalue weighted by atomic mass is 9.65. The minimum absolute atomic E-state index is 0.632. The third kappa shape index (κ3) is 0.761. The highest BCUT2D eigenvalue weighted by molar-refractivity contribution is 5.06. The van der Waals surface area contributed by atoms with Gasteiger partial charge in [0.05, 0.1) is 0 Å². The Morgan fingerprint density at radius 1 is 1.18 bits per heavy atom. The standard InChI is InChI=1S/C11H20/c1-8-10(2,3)9-5-6-11(8,4)7-9/h8-9H,5-7H2,1-4H3/t8-,9?,11-/m1/s1. The molecule has 2 aliphatic rings. The van der Waals surface area contributed by atoms with Gasteiger partial charge >= 0.3 is 0 Å². The summed E-state index contributed by atoms with van der Waals surface area (Å²) in [6.07, 6.45) is 4.48. The van der Waals surface area contributed by atoms with Gasteiger partial charge in [0.1, 0.15) is 0 Å². The molecular weight excluding hydrogens is 132 g/mol. The molecule has 0 nitrogen and oxygen atoms in total. The highest BCUT2D eigenvalue weighted by Gasteiger charge is 2.56. The van der Waals surface area contributed by atoms with Gasteiger partial charge in [0, 0.05) is 0 Å². The van der Waals surface area contributed by atoms with Gasteiger partial charge in [0.2, 0.25) is 0 Å². The van der Waals surface area contributed by atoms with Crippen molar-refractivity contribution >= 4 is 0 Å². The average Bonchev–Trinajstić information content (AvgIpc) is 2.36. The molecule has 2 fully saturated rings. The zero-order valence-electron chi connectivity index (χ0n) is 8.28. The van der Waals surface area contributed by atoms with Crippen LogP contribution < -0.4 is 0 Å². The Morgan fingerprint density at radius 3 is 2.09 bits per heavy atom. The molecule has 3 atom stereocenters. The average molecular weight is 152 g/mol. The maximum atomic E-state index is 2.49. The van der Waals surface area contributed by atoms with Gasteiger partial charge in [0.15, 0.2) is 0 Å². The van der Waals surface area contributed by atoms with E-state index in [0.29, 0.717) is 10.8 Å². The van der Waals surface area contributed by atoms with Crippen molar-refractivity contribution in [2.75, 3.05) is 0 Å². The van der Waals surface area contributed by atoms with Crippen molar-refractivity contribution in [2.24, 2.45) is 22.7 Å². The largest absolute Gasteiger partial charge is 0.0615 e. The van der Waals surface area contributed by atoms with Crippen LogP contribution in [0.4, 0.5) is 0 Å². The van der Waals surface area contributed by atoms with Gasteiger partial charge < -0.3 is 0 Å². The van der Waals surface area contributed by atoms with Gasteiger partial charge in [-0.05, 0) is 41.9 Å². The molecule has 0 spiro atoms. The van der Waals surface area contributed by atoms with Crippen molar-refractivity contribution < 1.29 is 0 Å². The van der Waals surface area contributed by atoms with Crippen LogP contribution in [0.3, 0.4) is 0 Å². The van der Waals surface area contributed by atoms with Gasteiger partial charge in [-0.3, -0.25) is 0 Å². The summed E-state index contributed by atoms with van der Waals surface area (Å²) in [7, 11) is 0. The van der Waals surface area contributed by atoms with E-state index in [1.54, 1.807) is 0 Å². The van der Waals surface area contributed by atoms with E-state index in [1.807, 2.05) is 0 Å². The van der Waals surface area contributed by atoms with E-state index in [2.05, 4.69) is 27.7 Å². The first-order valence-electron chi connectivity index (χ1n) is 4.97. The molecule has 11 heavy (non-hydrogen) atoms. The van der Waals surface area contributed by atoms with Crippen LogP contribution in [0.1, 0.15) is 47.0 Å². The third-order valence-corrected chi connectivity index (χ3v) is 4.99. The van der Waals surface area contributed by atoms with E-state index in [1.165, 1.54) is 19.3 Å². The van der Waals surface area contributed by atoms with Crippen molar-refractivity contribution in [1.29, 1.82) is 0 Å². The molecule has 0 heteroatoms. The number of hydrogen-bond donors (Lipinski definition) is 0. The lowest BCUT2D eigenvalue weighted by Gasteiger charge is -2.40. The van der Waals surface area contributed by atoms with Crippen LogP contribution in [0.5, 0.6) is 0 Å². The minimum atomic E-state index is 0.632. The van der Waals surface area contributed by atoms with E-state index in [-0.39, 0.29) is 0 Å². The maximum absolute atomic E-state index is 2.49. The molecule has 0 N–H and O–H groups in total. The van der Waals surface area contributed by atoms with Crippen molar-refractivity contribution in [1.82, 2.24) is 0 Å². The molecular formula is C11H20. The van der Waals surface area contributed by atoms with Crippen LogP contribution in [-0.2, 0) is 0 Å². The SMILES string of the molecule is C[C@@H]1C(C)(C)C2CC[C@]1(C)C2. The smallest absolute Gasteiger partial charge is 0.0292 e. The van der Waals surface area contributed by atoms with Gasteiger partial charge in [0.25, 0.3) is 0 Å². The monoisotopic (exact) mass is 152 g/mol. The predicted octanol–water partition coefficient (Wildman–Crippen LogP) is 3.47. The zero-order chi connectivity index (χ0) is 8.28. The topological polar surface area (TPSA) is 0 Å². The predicted molar refractivity (Wildman–Crippen MR) is 48.4 cm³/mol. The number of rotatable bonds is 0. The van der Waals surface area contributed by atoms with E-state index in [9.17, 15) is 0 Å². The van der Waals surface area contributed by atoms with Crippen molar-refractivity contribution in [3.8, 4) is 0 Å². The van der Waals surface area contributed by atoms with Crippen LogP contribution in [0.2, 0.25) is 0 Å². The second kappa shape index (κ2) is 1.84. The normalized spacial score (nSPS) is 53.5. The fourth-order valence-electron chi connectivity index (χ4n) is 3.55. The van der Waals surface area contributed by atoms with Crippen LogP contribution in [0, 0.1) is 22.7 Å². The summed E-state index contributed by atoms with van der Waals surface area (Å²) < 4.78 is 0.